The third-order valence-corrected chi connectivity index (χ3v) is 4.68. The molecule has 0 aliphatic carbocycles. The fraction of sp³-hybridized carbons (Fsp3) is 0.643. The Morgan fingerprint density at radius 2 is 2.11 bits per heavy atom. The molecule has 1 aromatic rings. The molecule has 0 saturated carbocycles. The van der Waals surface area contributed by atoms with Gasteiger partial charge in [-0.25, -0.2) is 0 Å². The first-order valence-corrected chi connectivity index (χ1v) is 7.65. The lowest BCUT2D eigenvalue weighted by molar-refractivity contribution is -0.133. The summed E-state index contributed by atoms with van der Waals surface area (Å²) < 4.78 is 0. The molecule has 1 atom stereocenters. The third kappa shape index (κ3) is 3.12. The predicted octanol–water partition coefficient (Wildman–Crippen LogP) is 2.75. The van der Waals surface area contributed by atoms with E-state index < -0.39 is 0 Å². The standard InChI is InChI=1S/C14H22N2OS/c1-3-5-14(17)16-9-7-15(8-10-16)12(2)13-6-4-11-18-13/h4,6,11-12H,3,5,7-10H2,1-2H3. The van der Waals surface area contributed by atoms with Crippen molar-refractivity contribution in [3.8, 4) is 0 Å². The molecule has 3 nitrogen and oxygen atoms in total. The molecule has 0 spiro atoms. The highest BCUT2D eigenvalue weighted by Crippen LogP contribution is 2.25. The van der Waals surface area contributed by atoms with Crippen molar-refractivity contribution >= 4 is 17.2 Å². The normalized spacial score (nSPS) is 18.9. The molecule has 1 fully saturated rings. The number of hydrogen-bond donors (Lipinski definition) is 0. The van der Waals surface area contributed by atoms with Gasteiger partial charge in [-0.05, 0) is 24.8 Å². The number of rotatable bonds is 4. The predicted molar refractivity (Wildman–Crippen MR) is 75.8 cm³/mol. The molecule has 100 valence electrons. The van der Waals surface area contributed by atoms with E-state index in [4.69, 9.17) is 0 Å². The van der Waals surface area contributed by atoms with Crippen LogP contribution in [0.3, 0.4) is 0 Å². The van der Waals surface area contributed by atoms with Gasteiger partial charge in [-0.15, -0.1) is 11.3 Å². The van der Waals surface area contributed by atoms with E-state index >= 15 is 0 Å². The minimum Gasteiger partial charge on any atom is -0.340 e. The number of piperazine rings is 1. The number of carbonyl (C=O) groups is 1. The summed E-state index contributed by atoms with van der Waals surface area (Å²) in [5.74, 6) is 0.320. The maximum Gasteiger partial charge on any atom is 0.222 e. The molecule has 1 aliphatic heterocycles. The van der Waals surface area contributed by atoms with Crippen molar-refractivity contribution in [2.24, 2.45) is 0 Å². The molecule has 1 amide bonds. The minimum absolute atomic E-state index is 0.320. The zero-order valence-corrected chi connectivity index (χ0v) is 12.1. The van der Waals surface area contributed by atoms with Crippen molar-refractivity contribution in [1.82, 2.24) is 9.80 Å². The van der Waals surface area contributed by atoms with Gasteiger partial charge in [-0.1, -0.05) is 13.0 Å². The highest BCUT2D eigenvalue weighted by atomic mass is 32.1. The molecular formula is C14H22N2OS. The van der Waals surface area contributed by atoms with Crippen molar-refractivity contribution < 1.29 is 4.79 Å². The van der Waals surface area contributed by atoms with Gasteiger partial charge in [0.05, 0.1) is 0 Å². The summed E-state index contributed by atoms with van der Waals surface area (Å²) in [5.41, 5.74) is 0. The van der Waals surface area contributed by atoms with Gasteiger partial charge >= 0.3 is 0 Å². The van der Waals surface area contributed by atoms with Crippen LogP contribution >= 0.6 is 11.3 Å². The van der Waals surface area contributed by atoms with Gasteiger partial charge in [0.25, 0.3) is 0 Å². The van der Waals surface area contributed by atoms with Crippen molar-refractivity contribution in [3.63, 3.8) is 0 Å². The maximum atomic E-state index is 11.8. The number of nitrogens with zero attached hydrogens (tertiary/aromatic N) is 2. The zero-order valence-electron chi connectivity index (χ0n) is 11.3. The van der Waals surface area contributed by atoms with Crippen molar-refractivity contribution in [2.45, 2.75) is 32.7 Å². The first-order chi connectivity index (χ1) is 8.72. The van der Waals surface area contributed by atoms with Crippen molar-refractivity contribution in [2.75, 3.05) is 26.2 Å². The molecule has 1 saturated heterocycles. The van der Waals surface area contributed by atoms with Gasteiger partial charge < -0.3 is 4.90 Å². The minimum atomic E-state index is 0.320. The fourth-order valence-electron chi connectivity index (χ4n) is 2.44. The second-order valence-electron chi connectivity index (χ2n) is 4.86. The van der Waals surface area contributed by atoms with Crippen LogP contribution in [0.25, 0.3) is 0 Å². The fourth-order valence-corrected chi connectivity index (χ4v) is 3.26. The molecule has 2 heterocycles. The first-order valence-electron chi connectivity index (χ1n) is 6.77. The Hall–Kier alpha value is -0.870. The summed E-state index contributed by atoms with van der Waals surface area (Å²) >= 11 is 1.82. The Bertz CT molecular complexity index is 369. The maximum absolute atomic E-state index is 11.8. The van der Waals surface area contributed by atoms with E-state index in [1.54, 1.807) is 0 Å². The summed E-state index contributed by atoms with van der Waals surface area (Å²) in [6.45, 7) is 8.08. The lowest BCUT2D eigenvalue weighted by Crippen LogP contribution is -2.49. The van der Waals surface area contributed by atoms with Crippen LogP contribution in [0.5, 0.6) is 0 Å². The molecule has 0 aromatic carbocycles. The Morgan fingerprint density at radius 1 is 1.39 bits per heavy atom. The molecule has 0 bridgehead atoms. The van der Waals surface area contributed by atoms with Crippen molar-refractivity contribution in [1.29, 1.82) is 0 Å². The molecule has 4 heteroatoms. The third-order valence-electron chi connectivity index (χ3n) is 3.63. The topological polar surface area (TPSA) is 23.6 Å². The Morgan fingerprint density at radius 3 is 2.67 bits per heavy atom. The van der Waals surface area contributed by atoms with Crippen LogP contribution in [-0.4, -0.2) is 41.9 Å². The highest BCUT2D eigenvalue weighted by Gasteiger charge is 2.24. The van der Waals surface area contributed by atoms with Gasteiger partial charge in [0.1, 0.15) is 0 Å². The highest BCUT2D eigenvalue weighted by molar-refractivity contribution is 7.10. The van der Waals surface area contributed by atoms with Crippen LogP contribution in [0.1, 0.15) is 37.6 Å². The van der Waals surface area contributed by atoms with Gasteiger partial charge in [0.15, 0.2) is 0 Å². The van der Waals surface area contributed by atoms with Gasteiger partial charge in [-0.3, -0.25) is 9.69 Å². The van der Waals surface area contributed by atoms with E-state index in [0.717, 1.165) is 32.6 Å². The molecule has 18 heavy (non-hydrogen) atoms. The molecule has 0 radical (unpaired) electrons. The van der Waals surface area contributed by atoms with E-state index in [-0.39, 0.29) is 0 Å². The van der Waals surface area contributed by atoms with E-state index in [9.17, 15) is 4.79 Å². The summed E-state index contributed by atoms with van der Waals surface area (Å²) in [6.07, 6.45) is 1.64. The molecule has 1 unspecified atom stereocenters. The lowest BCUT2D eigenvalue weighted by Gasteiger charge is -2.37. The van der Waals surface area contributed by atoms with Crippen LogP contribution < -0.4 is 0 Å². The van der Waals surface area contributed by atoms with Crippen LogP contribution in [-0.2, 0) is 4.79 Å². The quantitative estimate of drug-likeness (QED) is 0.836. The number of hydrogen-bond acceptors (Lipinski definition) is 3. The monoisotopic (exact) mass is 266 g/mol. The van der Waals surface area contributed by atoms with E-state index in [1.807, 2.05) is 16.2 Å². The molecule has 2 rings (SSSR count). The zero-order chi connectivity index (χ0) is 13.0. The van der Waals surface area contributed by atoms with Gasteiger partial charge in [-0.2, -0.15) is 0 Å². The van der Waals surface area contributed by atoms with Crippen LogP contribution in [0.4, 0.5) is 0 Å². The average Bonchev–Trinajstić information content (AvgIpc) is 2.92. The summed E-state index contributed by atoms with van der Waals surface area (Å²) in [7, 11) is 0. The van der Waals surface area contributed by atoms with E-state index in [1.165, 1.54) is 4.88 Å². The van der Waals surface area contributed by atoms with E-state index in [0.29, 0.717) is 18.4 Å². The van der Waals surface area contributed by atoms with Crippen molar-refractivity contribution in [3.05, 3.63) is 22.4 Å². The van der Waals surface area contributed by atoms with E-state index in [2.05, 4.69) is 36.3 Å². The number of carbonyl (C=O) groups excluding carboxylic acids is 1. The Labute approximate surface area is 113 Å². The molecule has 1 aliphatic rings. The van der Waals surface area contributed by atoms with Crippen LogP contribution in [0.15, 0.2) is 17.5 Å². The van der Waals surface area contributed by atoms with Gasteiger partial charge in [0.2, 0.25) is 5.91 Å². The first kappa shape index (κ1) is 13.6. The Kier molecular flexibility index (Phi) is 4.78. The van der Waals surface area contributed by atoms with Crippen LogP contribution in [0, 0.1) is 0 Å². The van der Waals surface area contributed by atoms with Gasteiger partial charge in [0, 0.05) is 43.5 Å². The largest absolute Gasteiger partial charge is 0.340 e. The summed E-state index contributed by atoms with van der Waals surface area (Å²) in [6, 6.07) is 4.79. The number of thiophene rings is 1. The SMILES string of the molecule is CCCC(=O)N1CCN(C(C)c2cccs2)CC1. The second kappa shape index (κ2) is 6.34. The summed E-state index contributed by atoms with van der Waals surface area (Å²) in [4.78, 5) is 17.7. The average molecular weight is 266 g/mol. The smallest absolute Gasteiger partial charge is 0.222 e. The van der Waals surface area contributed by atoms with Crippen LogP contribution in [0.2, 0.25) is 0 Å². The molecule has 1 aromatic heterocycles. The lowest BCUT2D eigenvalue weighted by atomic mass is 10.2. The molecule has 0 N–H and O–H groups in total. The number of amides is 1. The second-order valence-corrected chi connectivity index (χ2v) is 5.84. The Balaban J connectivity index is 1.85. The summed E-state index contributed by atoms with van der Waals surface area (Å²) in [5, 5.41) is 2.13. The molecular weight excluding hydrogens is 244 g/mol.